The smallest absolute Gasteiger partial charge is 0.407 e. The zero-order valence-electron chi connectivity index (χ0n) is 17.7. The van der Waals surface area contributed by atoms with Gasteiger partial charge >= 0.3 is 6.09 Å². The van der Waals surface area contributed by atoms with Crippen molar-refractivity contribution in [1.82, 2.24) is 5.32 Å². The van der Waals surface area contributed by atoms with Crippen LogP contribution in [-0.4, -0.2) is 22.5 Å². The number of phenolic OH excluding ortho intramolecular Hbond substituents is 1. The van der Waals surface area contributed by atoms with E-state index in [0.29, 0.717) is 29.9 Å². The van der Waals surface area contributed by atoms with Gasteiger partial charge in [-0.3, -0.25) is 4.79 Å². The Bertz CT molecular complexity index is 866. The van der Waals surface area contributed by atoms with Crippen molar-refractivity contribution >= 4 is 11.9 Å². The first-order valence-electron chi connectivity index (χ1n) is 9.62. The van der Waals surface area contributed by atoms with Crippen molar-refractivity contribution in [2.45, 2.75) is 59.8 Å². The summed E-state index contributed by atoms with van der Waals surface area (Å²) in [5.74, 6) is 0.392. The summed E-state index contributed by atoms with van der Waals surface area (Å²) in [6.45, 7) is 9.64. The summed E-state index contributed by atoms with van der Waals surface area (Å²) in [7, 11) is 0. The van der Waals surface area contributed by atoms with Gasteiger partial charge in [0.25, 0.3) is 0 Å². The molecule has 0 aliphatic heterocycles. The minimum atomic E-state index is -0.454. The van der Waals surface area contributed by atoms with Gasteiger partial charge in [-0.25, -0.2) is 4.79 Å². The number of hydrogen-bond acceptors (Lipinski definition) is 5. The molecule has 0 unspecified atom stereocenters. The van der Waals surface area contributed by atoms with Gasteiger partial charge in [0, 0.05) is 17.5 Å². The molecule has 0 radical (unpaired) electrons. The normalized spacial score (nSPS) is 11.1. The third kappa shape index (κ3) is 6.52. The van der Waals surface area contributed by atoms with E-state index < -0.39 is 6.09 Å². The average Bonchev–Trinajstić information content (AvgIpc) is 2.66. The number of carbonyl (C=O) groups excluding carboxylic acids is 2. The number of Topliss-reactive ketones (excluding diaryl/α,β-unsaturated/α-hetero) is 1. The van der Waals surface area contributed by atoms with Gasteiger partial charge in [-0.05, 0) is 51.0 Å². The largest absolute Gasteiger partial charge is 0.507 e. The molecule has 1 amide bonds. The summed E-state index contributed by atoms with van der Waals surface area (Å²) in [5, 5.41) is 13.0. The Morgan fingerprint density at radius 2 is 1.59 bits per heavy atom. The number of phenols is 1. The van der Waals surface area contributed by atoms with Crippen molar-refractivity contribution in [3.05, 3.63) is 58.7 Å². The topological polar surface area (TPSA) is 84.9 Å². The predicted molar refractivity (Wildman–Crippen MR) is 111 cm³/mol. The molecular weight excluding hydrogens is 370 g/mol. The minimum absolute atomic E-state index is 0.0321. The van der Waals surface area contributed by atoms with Gasteiger partial charge in [-0.1, -0.05) is 31.2 Å². The number of carbonyl (C=O) groups is 2. The molecular formula is C23H29NO5. The molecule has 6 heteroatoms. The van der Waals surface area contributed by atoms with Crippen LogP contribution >= 0.6 is 0 Å². The Hall–Kier alpha value is -3.02. The lowest BCUT2D eigenvalue weighted by Gasteiger charge is -2.20. The number of alkyl carbamates (subject to hydrolysis) is 1. The summed E-state index contributed by atoms with van der Waals surface area (Å²) >= 11 is 0. The van der Waals surface area contributed by atoms with E-state index in [9.17, 15) is 14.7 Å². The van der Waals surface area contributed by atoms with Crippen LogP contribution in [0.15, 0.2) is 36.4 Å². The molecule has 156 valence electrons. The molecule has 2 aromatic rings. The zero-order chi connectivity index (χ0) is 21.6. The average molecular weight is 399 g/mol. The lowest BCUT2D eigenvalue weighted by atomic mass is 10.0. The molecule has 0 aromatic heterocycles. The van der Waals surface area contributed by atoms with Crippen LogP contribution in [0.4, 0.5) is 4.79 Å². The van der Waals surface area contributed by atoms with E-state index in [4.69, 9.17) is 9.47 Å². The van der Waals surface area contributed by atoms with Crippen LogP contribution in [0.3, 0.4) is 0 Å². The van der Waals surface area contributed by atoms with Crippen molar-refractivity contribution in [3.8, 4) is 11.5 Å². The molecule has 0 heterocycles. The summed E-state index contributed by atoms with van der Waals surface area (Å²) in [6.07, 6.45) is -0.119. The van der Waals surface area contributed by atoms with Gasteiger partial charge in [0.15, 0.2) is 5.78 Å². The van der Waals surface area contributed by atoms with Crippen molar-refractivity contribution in [2.24, 2.45) is 0 Å². The highest BCUT2D eigenvalue weighted by atomic mass is 16.5. The molecule has 2 aromatic carbocycles. The number of aromatic hydroxyl groups is 1. The highest BCUT2D eigenvalue weighted by molar-refractivity contribution is 5.99. The molecule has 29 heavy (non-hydrogen) atoms. The number of benzene rings is 2. The van der Waals surface area contributed by atoms with Crippen LogP contribution in [0.5, 0.6) is 11.5 Å². The fraction of sp³-hybridized carbons (Fsp3) is 0.391. The Morgan fingerprint density at radius 3 is 2.14 bits per heavy atom. The standard InChI is InChI=1S/C23H29NO5/c1-6-19(25)18-11-12-20(15(2)21(18)26)28-13-16-7-9-17(10-8-16)14-29-22(27)24-23(3,4)5/h7-12,26H,6,13-14H2,1-5H3,(H,24,27). The molecule has 2 N–H and O–H groups in total. The summed E-state index contributed by atoms with van der Waals surface area (Å²) in [6, 6.07) is 10.8. The van der Waals surface area contributed by atoms with Crippen LogP contribution in [0, 0.1) is 6.92 Å². The van der Waals surface area contributed by atoms with Crippen molar-refractivity contribution < 1.29 is 24.2 Å². The molecule has 0 saturated heterocycles. The van der Waals surface area contributed by atoms with Crippen LogP contribution in [0.1, 0.15) is 61.2 Å². The predicted octanol–water partition coefficient (Wildman–Crippen LogP) is 4.90. The molecule has 0 spiro atoms. The van der Waals surface area contributed by atoms with Gasteiger partial charge in [-0.15, -0.1) is 0 Å². The van der Waals surface area contributed by atoms with E-state index in [1.165, 1.54) is 0 Å². The maximum atomic E-state index is 11.8. The lowest BCUT2D eigenvalue weighted by molar-refractivity contribution is 0.0985. The molecule has 0 atom stereocenters. The molecule has 6 nitrogen and oxygen atoms in total. The zero-order valence-corrected chi connectivity index (χ0v) is 17.7. The minimum Gasteiger partial charge on any atom is -0.507 e. The number of amides is 1. The molecule has 0 aliphatic carbocycles. The Kier molecular flexibility index (Phi) is 7.26. The van der Waals surface area contributed by atoms with Gasteiger partial charge in [0.05, 0.1) is 5.56 Å². The number of ether oxygens (including phenoxy) is 2. The maximum Gasteiger partial charge on any atom is 0.407 e. The molecule has 0 aliphatic rings. The first-order chi connectivity index (χ1) is 13.6. The third-order valence-corrected chi connectivity index (χ3v) is 4.27. The van der Waals surface area contributed by atoms with Gasteiger partial charge < -0.3 is 19.9 Å². The number of rotatable bonds is 7. The van der Waals surface area contributed by atoms with E-state index >= 15 is 0 Å². The number of nitrogens with one attached hydrogen (secondary N) is 1. The fourth-order valence-corrected chi connectivity index (χ4v) is 2.64. The number of hydrogen-bond donors (Lipinski definition) is 2. The molecule has 0 bridgehead atoms. The Balaban J connectivity index is 1.93. The molecule has 2 rings (SSSR count). The van der Waals surface area contributed by atoms with Crippen LogP contribution in [0.25, 0.3) is 0 Å². The fourth-order valence-electron chi connectivity index (χ4n) is 2.64. The van der Waals surface area contributed by atoms with Crippen LogP contribution in [0.2, 0.25) is 0 Å². The van der Waals surface area contributed by atoms with Gasteiger partial charge in [0.1, 0.15) is 24.7 Å². The quantitative estimate of drug-likeness (QED) is 0.647. The van der Waals surface area contributed by atoms with Crippen molar-refractivity contribution in [2.75, 3.05) is 0 Å². The van der Waals surface area contributed by atoms with E-state index in [2.05, 4.69) is 5.32 Å². The number of ketones is 1. The summed E-state index contributed by atoms with van der Waals surface area (Å²) < 4.78 is 11.0. The van der Waals surface area contributed by atoms with Gasteiger partial charge in [-0.2, -0.15) is 0 Å². The molecule has 0 saturated carbocycles. The van der Waals surface area contributed by atoms with Crippen LogP contribution < -0.4 is 10.1 Å². The van der Waals surface area contributed by atoms with E-state index in [1.807, 2.05) is 45.0 Å². The van der Waals surface area contributed by atoms with E-state index in [-0.39, 0.29) is 23.7 Å². The van der Waals surface area contributed by atoms with Crippen molar-refractivity contribution in [1.29, 1.82) is 0 Å². The lowest BCUT2D eigenvalue weighted by Crippen LogP contribution is -2.40. The monoisotopic (exact) mass is 399 g/mol. The summed E-state index contributed by atoms with van der Waals surface area (Å²) in [4.78, 5) is 23.5. The first-order valence-corrected chi connectivity index (χ1v) is 9.62. The van der Waals surface area contributed by atoms with Crippen LogP contribution in [-0.2, 0) is 18.0 Å². The Morgan fingerprint density at radius 1 is 1.00 bits per heavy atom. The first kappa shape index (κ1) is 22.3. The second kappa shape index (κ2) is 9.45. The SMILES string of the molecule is CCC(=O)c1ccc(OCc2ccc(COC(=O)NC(C)(C)C)cc2)c(C)c1O. The van der Waals surface area contributed by atoms with Gasteiger partial charge in [0.2, 0.25) is 0 Å². The Labute approximate surface area is 171 Å². The highest BCUT2D eigenvalue weighted by Gasteiger charge is 2.15. The second-order valence-corrected chi connectivity index (χ2v) is 7.92. The molecule has 0 fully saturated rings. The summed E-state index contributed by atoms with van der Waals surface area (Å²) in [5.41, 5.74) is 2.32. The third-order valence-electron chi connectivity index (χ3n) is 4.27. The van der Waals surface area contributed by atoms with E-state index in [0.717, 1.165) is 11.1 Å². The highest BCUT2D eigenvalue weighted by Crippen LogP contribution is 2.31. The van der Waals surface area contributed by atoms with Crippen molar-refractivity contribution in [3.63, 3.8) is 0 Å². The maximum absolute atomic E-state index is 11.8. The van der Waals surface area contributed by atoms with E-state index in [1.54, 1.807) is 26.0 Å². The second-order valence-electron chi connectivity index (χ2n) is 7.92.